The Morgan fingerprint density at radius 2 is 1.84 bits per heavy atom. The van der Waals surface area contributed by atoms with Gasteiger partial charge in [0.15, 0.2) is 0 Å². The number of nitrogens with two attached hydrogens (primary N) is 1. The number of ether oxygens (including phenoxy) is 1. The molecule has 0 amide bonds. The smallest absolute Gasteiger partial charge is 0.216 e. The van der Waals surface area contributed by atoms with Crippen LogP contribution in [-0.2, 0) is 14.8 Å². The van der Waals surface area contributed by atoms with Crippen LogP contribution in [0.3, 0.4) is 0 Å². The van der Waals surface area contributed by atoms with Gasteiger partial charge in [-0.05, 0) is 62.3 Å². The van der Waals surface area contributed by atoms with E-state index in [1.807, 2.05) is 0 Å². The summed E-state index contributed by atoms with van der Waals surface area (Å²) in [5, 5.41) is -0.194. The van der Waals surface area contributed by atoms with Gasteiger partial charge < -0.3 is 10.5 Å². The molecule has 2 N–H and O–H groups in total. The average molecular weight is 470 g/mol. The maximum Gasteiger partial charge on any atom is 0.216 e. The molecular weight excluding hydrogens is 436 g/mol. The Kier molecular flexibility index (Phi) is 6.07. The molecule has 3 heterocycles. The van der Waals surface area contributed by atoms with Crippen molar-refractivity contribution >= 4 is 10.0 Å². The zero-order valence-electron chi connectivity index (χ0n) is 18.4. The Hall–Kier alpha value is -1.13. The standard InChI is InChI=1S/C23H33F2N3O3S/c24-16-5-6-20(25)19(11-16)22-21(26)12-17(13-31-22)27-9-7-23(14-27)8-10-28(15-23)32(29,30)18-3-1-2-4-18/h5-6,11,17-18,21-22H,1-4,7-10,12-15,26H2/t17-,21?,22-,23?/m1/s1. The van der Waals surface area contributed by atoms with Gasteiger partial charge in [0.1, 0.15) is 17.7 Å². The highest BCUT2D eigenvalue weighted by Gasteiger charge is 2.50. The molecule has 9 heteroatoms. The molecule has 3 saturated heterocycles. The van der Waals surface area contributed by atoms with Gasteiger partial charge in [-0.25, -0.2) is 21.5 Å². The summed E-state index contributed by atoms with van der Waals surface area (Å²) in [7, 11) is -3.19. The van der Waals surface area contributed by atoms with E-state index in [1.54, 1.807) is 4.31 Å². The SMILES string of the molecule is NC1C[C@@H](N2CCC3(CCN(S(=O)(=O)C4CCCC4)C3)C2)CO[C@@H]1c1cc(F)ccc1F. The van der Waals surface area contributed by atoms with E-state index in [0.717, 1.165) is 63.7 Å². The lowest BCUT2D eigenvalue weighted by molar-refractivity contribution is -0.0488. The topological polar surface area (TPSA) is 75.9 Å². The monoisotopic (exact) mass is 469 g/mol. The number of sulfonamides is 1. The Balaban J connectivity index is 1.21. The van der Waals surface area contributed by atoms with Gasteiger partial charge in [-0.15, -0.1) is 0 Å². The first-order chi connectivity index (χ1) is 15.3. The van der Waals surface area contributed by atoms with Crippen molar-refractivity contribution < 1.29 is 21.9 Å². The Morgan fingerprint density at radius 3 is 2.59 bits per heavy atom. The maximum atomic E-state index is 14.2. The van der Waals surface area contributed by atoms with Crippen molar-refractivity contribution in [2.75, 3.05) is 32.8 Å². The van der Waals surface area contributed by atoms with Crippen molar-refractivity contribution in [2.24, 2.45) is 11.1 Å². The normalized spacial score (nSPS) is 35.3. The number of halogens is 2. The Labute approximate surface area is 189 Å². The van der Waals surface area contributed by atoms with Crippen molar-refractivity contribution in [3.05, 3.63) is 35.4 Å². The molecule has 5 rings (SSSR count). The molecule has 0 aromatic heterocycles. The lowest BCUT2D eigenvalue weighted by Gasteiger charge is -2.39. The summed E-state index contributed by atoms with van der Waals surface area (Å²) in [6.07, 6.45) is 5.46. The summed E-state index contributed by atoms with van der Waals surface area (Å²) in [5.74, 6) is -1.00. The molecule has 1 aliphatic carbocycles. The van der Waals surface area contributed by atoms with Crippen molar-refractivity contribution in [1.82, 2.24) is 9.21 Å². The molecular formula is C23H33F2N3O3S. The molecule has 32 heavy (non-hydrogen) atoms. The van der Waals surface area contributed by atoms with Crippen molar-refractivity contribution in [1.29, 1.82) is 0 Å². The average Bonchev–Trinajstić information content (AvgIpc) is 3.52. The number of hydrogen-bond acceptors (Lipinski definition) is 5. The largest absolute Gasteiger partial charge is 0.370 e. The molecule has 3 aliphatic heterocycles. The highest BCUT2D eigenvalue weighted by atomic mass is 32.2. The summed E-state index contributed by atoms with van der Waals surface area (Å²) >= 11 is 0. The van der Waals surface area contributed by atoms with Crippen molar-refractivity contribution in [3.8, 4) is 0 Å². The molecule has 1 aromatic rings. The molecule has 6 nitrogen and oxygen atoms in total. The summed E-state index contributed by atoms with van der Waals surface area (Å²) in [4.78, 5) is 2.36. The van der Waals surface area contributed by atoms with E-state index in [0.29, 0.717) is 26.1 Å². The third-order valence-electron chi connectivity index (χ3n) is 8.14. The summed E-state index contributed by atoms with van der Waals surface area (Å²) in [5.41, 5.74) is 6.53. The molecule has 4 aliphatic rings. The Bertz CT molecular complexity index is 956. The minimum atomic E-state index is -3.19. The highest BCUT2D eigenvalue weighted by molar-refractivity contribution is 7.89. The lowest BCUT2D eigenvalue weighted by atomic mass is 9.86. The zero-order valence-corrected chi connectivity index (χ0v) is 19.2. The maximum absolute atomic E-state index is 14.2. The van der Waals surface area contributed by atoms with Crippen molar-refractivity contribution in [2.45, 2.75) is 68.4 Å². The van der Waals surface area contributed by atoms with E-state index in [2.05, 4.69) is 4.90 Å². The summed E-state index contributed by atoms with van der Waals surface area (Å²) in [6, 6.07) is 3.06. The van der Waals surface area contributed by atoms with Gasteiger partial charge in [0.25, 0.3) is 0 Å². The fourth-order valence-corrected chi connectivity index (χ4v) is 8.42. The molecule has 1 spiro atoms. The summed E-state index contributed by atoms with van der Waals surface area (Å²) < 4.78 is 61.6. The van der Waals surface area contributed by atoms with Crippen LogP contribution < -0.4 is 5.73 Å². The van der Waals surface area contributed by atoms with Crippen LogP contribution in [0.15, 0.2) is 18.2 Å². The highest BCUT2D eigenvalue weighted by Crippen LogP contribution is 2.44. The molecule has 0 radical (unpaired) electrons. The molecule has 4 fully saturated rings. The third kappa shape index (κ3) is 4.11. The minimum Gasteiger partial charge on any atom is -0.370 e. The fourth-order valence-electron chi connectivity index (χ4n) is 6.27. The molecule has 1 saturated carbocycles. The number of benzene rings is 1. The molecule has 2 unspecified atom stereocenters. The van der Waals surface area contributed by atoms with Crippen molar-refractivity contribution in [3.63, 3.8) is 0 Å². The second-order valence-corrected chi connectivity index (χ2v) is 12.4. The van der Waals surface area contributed by atoms with Gasteiger partial charge in [-0.2, -0.15) is 0 Å². The van der Waals surface area contributed by atoms with Crippen LogP contribution >= 0.6 is 0 Å². The van der Waals surface area contributed by atoms with E-state index < -0.39 is 33.8 Å². The van der Waals surface area contributed by atoms with E-state index in [-0.39, 0.29) is 22.3 Å². The van der Waals surface area contributed by atoms with Crippen LogP contribution in [0.1, 0.15) is 56.6 Å². The third-order valence-corrected chi connectivity index (χ3v) is 10.5. The first-order valence-electron chi connectivity index (χ1n) is 11.8. The number of nitrogens with zero attached hydrogens (tertiary/aromatic N) is 2. The van der Waals surface area contributed by atoms with Crippen LogP contribution in [0.4, 0.5) is 8.78 Å². The first kappa shape index (κ1) is 22.7. The number of likely N-dealkylation sites (tertiary alicyclic amines) is 1. The number of rotatable bonds is 4. The first-order valence-corrected chi connectivity index (χ1v) is 13.3. The summed E-state index contributed by atoms with van der Waals surface area (Å²) in [6.45, 7) is 3.36. The zero-order chi connectivity index (χ0) is 22.5. The van der Waals surface area contributed by atoms with Crippen LogP contribution in [0, 0.1) is 17.0 Å². The quantitative estimate of drug-likeness (QED) is 0.734. The van der Waals surface area contributed by atoms with E-state index >= 15 is 0 Å². The number of hydrogen-bond donors (Lipinski definition) is 1. The lowest BCUT2D eigenvalue weighted by Crippen LogP contribution is -2.49. The van der Waals surface area contributed by atoms with Gasteiger partial charge in [0.2, 0.25) is 10.0 Å². The van der Waals surface area contributed by atoms with Crippen LogP contribution in [0.2, 0.25) is 0 Å². The van der Waals surface area contributed by atoms with E-state index in [9.17, 15) is 17.2 Å². The van der Waals surface area contributed by atoms with E-state index in [1.165, 1.54) is 6.07 Å². The van der Waals surface area contributed by atoms with Gasteiger partial charge in [-0.1, -0.05) is 12.8 Å². The molecule has 1 aromatic carbocycles. The fraction of sp³-hybridized carbons (Fsp3) is 0.739. The van der Waals surface area contributed by atoms with E-state index in [4.69, 9.17) is 10.5 Å². The van der Waals surface area contributed by atoms with Gasteiger partial charge >= 0.3 is 0 Å². The molecule has 0 bridgehead atoms. The predicted octanol–water partition coefficient (Wildman–Crippen LogP) is 2.79. The van der Waals surface area contributed by atoms with Crippen LogP contribution in [0.25, 0.3) is 0 Å². The molecule has 178 valence electrons. The minimum absolute atomic E-state index is 0.00127. The molecule has 4 atom stereocenters. The van der Waals surface area contributed by atoms with Crippen LogP contribution in [-0.4, -0.2) is 67.7 Å². The van der Waals surface area contributed by atoms with Gasteiger partial charge in [0.05, 0.1) is 11.9 Å². The van der Waals surface area contributed by atoms with Gasteiger partial charge in [-0.3, -0.25) is 4.90 Å². The predicted molar refractivity (Wildman–Crippen MR) is 117 cm³/mol. The second kappa shape index (κ2) is 8.58. The van der Waals surface area contributed by atoms with Gasteiger partial charge in [0, 0.05) is 37.3 Å². The van der Waals surface area contributed by atoms with Crippen LogP contribution in [0.5, 0.6) is 0 Å². The Morgan fingerprint density at radius 1 is 1.09 bits per heavy atom. The second-order valence-electron chi connectivity index (χ2n) is 10.2.